The van der Waals surface area contributed by atoms with Crippen molar-refractivity contribution in [2.75, 3.05) is 12.3 Å². The summed E-state index contributed by atoms with van der Waals surface area (Å²) < 4.78 is 19.2. The number of anilines is 1. The molecule has 2 unspecified atom stereocenters. The Bertz CT molecular complexity index is 517. The zero-order valence-electron chi connectivity index (χ0n) is 12.1. The second-order valence-electron chi connectivity index (χ2n) is 5.77. The number of rotatable bonds is 4. The molecule has 5 heteroatoms. The Labute approximate surface area is 118 Å². The average Bonchev–Trinajstić information content (AvgIpc) is 2.40. The van der Waals surface area contributed by atoms with Crippen LogP contribution >= 0.6 is 0 Å². The maximum Gasteiger partial charge on any atom is 0.254 e. The lowest BCUT2D eigenvalue weighted by molar-refractivity contribution is -0.111. The van der Waals surface area contributed by atoms with Gasteiger partial charge in [-0.05, 0) is 31.5 Å². The molecule has 1 aliphatic carbocycles. The largest absolute Gasteiger partial charge is 0.399 e. The van der Waals surface area contributed by atoms with Crippen molar-refractivity contribution in [1.29, 1.82) is 0 Å². The van der Waals surface area contributed by atoms with Crippen LogP contribution in [0, 0.1) is 11.2 Å². The summed E-state index contributed by atoms with van der Waals surface area (Å²) in [4.78, 5) is 12.1. The van der Waals surface area contributed by atoms with Crippen molar-refractivity contribution in [1.82, 2.24) is 5.32 Å². The molecular weight excluding hydrogens is 259 g/mol. The predicted molar refractivity (Wildman–Crippen MR) is 75.9 cm³/mol. The first-order chi connectivity index (χ1) is 9.36. The van der Waals surface area contributed by atoms with Crippen LogP contribution in [-0.2, 0) is 4.74 Å². The summed E-state index contributed by atoms with van der Waals surface area (Å²) in [6, 6.07) is 3.98. The fourth-order valence-electron chi connectivity index (χ4n) is 2.57. The second kappa shape index (κ2) is 5.40. The van der Waals surface area contributed by atoms with E-state index in [-0.39, 0.29) is 23.1 Å². The lowest BCUT2D eigenvalue weighted by atomic mass is 9.64. The van der Waals surface area contributed by atoms with Gasteiger partial charge in [-0.1, -0.05) is 13.8 Å². The van der Waals surface area contributed by atoms with E-state index in [0.29, 0.717) is 12.3 Å². The molecule has 1 aromatic rings. The maximum absolute atomic E-state index is 13.6. The van der Waals surface area contributed by atoms with Crippen molar-refractivity contribution >= 4 is 11.6 Å². The van der Waals surface area contributed by atoms with Crippen molar-refractivity contribution in [2.24, 2.45) is 5.41 Å². The minimum atomic E-state index is -0.560. The molecule has 1 aliphatic rings. The van der Waals surface area contributed by atoms with Crippen molar-refractivity contribution < 1.29 is 13.9 Å². The number of nitrogens with two attached hydrogens (primary N) is 1. The summed E-state index contributed by atoms with van der Waals surface area (Å²) >= 11 is 0. The van der Waals surface area contributed by atoms with E-state index in [1.54, 1.807) is 0 Å². The van der Waals surface area contributed by atoms with Gasteiger partial charge >= 0.3 is 0 Å². The summed E-state index contributed by atoms with van der Waals surface area (Å²) in [6.45, 7) is 6.68. The van der Waals surface area contributed by atoms with Crippen molar-refractivity contribution in [2.45, 2.75) is 39.3 Å². The van der Waals surface area contributed by atoms with Gasteiger partial charge in [0, 0.05) is 23.8 Å². The van der Waals surface area contributed by atoms with Crippen LogP contribution in [0.15, 0.2) is 18.2 Å². The molecule has 0 spiro atoms. The monoisotopic (exact) mass is 280 g/mol. The highest BCUT2D eigenvalue weighted by atomic mass is 19.1. The van der Waals surface area contributed by atoms with Crippen molar-refractivity contribution in [3.8, 4) is 0 Å². The molecule has 0 saturated heterocycles. The topological polar surface area (TPSA) is 64.3 Å². The van der Waals surface area contributed by atoms with Gasteiger partial charge in [0.25, 0.3) is 5.91 Å². The molecule has 2 atom stereocenters. The Morgan fingerprint density at radius 2 is 2.25 bits per heavy atom. The number of carbonyl (C=O) groups excluding carboxylic acids is 1. The van der Waals surface area contributed by atoms with Crippen LogP contribution in [0.1, 0.15) is 37.6 Å². The van der Waals surface area contributed by atoms with Crippen LogP contribution in [0.4, 0.5) is 10.1 Å². The van der Waals surface area contributed by atoms with Crippen molar-refractivity contribution in [3.63, 3.8) is 0 Å². The number of nitrogens with one attached hydrogen (secondary N) is 1. The number of hydrogen-bond donors (Lipinski definition) is 2. The molecule has 2 rings (SSSR count). The zero-order valence-corrected chi connectivity index (χ0v) is 12.1. The zero-order chi connectivity index (χ0) is 14.9. The van der Waals surface area contributed by atoms with Gasteiger partial charge < -0.3 is 15.8 Å². The lowest BCUT2D eigenvalue weighted by Crippen LogP contribution is -2.62. The van der Waals surface area contributed by atoms with Gasteiger partial charge in [0.1, 0.15) is 5.82 Å². The fraction of sp³-hybridized carbons (Fsp3) is 0.533. The van der Waals surface area contributed by atoms with E-state index in [0.717, 1.165) is 6.42 Å². The Hall–Kier alpha value is -1.62. The summed E-state index contributed by atoms with van der Waals surface area (Å²) in [6.07, 6.45) is 0.875. The number of hydrogen-bond acceptors (Lipinski definition) is 3. The van der Waals surface area contributed by atoms with E-state index in [1.807, 2.05) is 20.8 Å². The Morgan fingerprint density at radius 1 is 1.55 bits per heavy atom. The molecular formula is C15H21FN2O2. The van der Waals surface area contributed by atoms with Gasteiger partial charge in [-0.2, -0.15) is 0 Å². The van der Waals surface area contributed by atoms with Crippen LogP contribution in [0.5, 0.6) is 0 Å². The molecule has 0 aliphatic heterocycles. The van der Waals surface area contributed by atoms with Gasteiger partial charge in [0.05, 0.1) is 11.7 Å². The number of ether oxygens (including phenoxy) is 1. The third-order valence-corrected chi connectivity index (χ3v) is 4.09. The first kappa shape index (κ1) is 14.8. The molecule has 1 fully saturated rings. The van der Waals surface area contributed by atoms with Crippen LogP contribution in [0.2, 0.25) is 0 Å². The van der Waals surface area contributed by atoms with Crippen molar-refractivity contribution in [3.05, 3.63) is 29.6 Å². The molecule has 0 aromatic heterocycles. The summed E-state index contributed by atoms with van der Waals surface area (Å²) in [5.41, 5.74) is 5.80. The molecule has 1 saturated carbocycles. The van der Waals surface area contributed by atoms with Gasteiger partial charge in [-0.25, -0.2) is 4.39 Å². The molecule has 4 nitrogen and oxygen atoms in total. The first-order valence-corrected chi connectivity index (χ1v) is 6.83. The number of carbonyl (C=O) groups is 1. The third-order valence-electron chi connectivity index (χ3n) is 4.09. The highest BCUT2D eigenvalue weighted by molar-refractivity contribution is 5.95. The third kappa shape index (κ3) is 2.63. The predicted octanol–water partition coefficient (Wildman–Crippen LogP) is 2.34. The molecule has 1 aromatic carbocycles. The van der Waals surface area contributed by atoms with E-state index in [1.165, 1.54) is 18.2 Å². The molecule has 0 bridgehead atoms. The fourth-order valence-corrected chi connectivity index (χ4v) is 2.57. The van der Waals surface area contributed by atoms with E-state index in [4.69, 9.17) is 10.5 Å². The Morgan fingerprint density at radius 3 is 2.85 bits per heavy atom. The number of nitrogen functional groups attached to an aromatic ring is 1. The van der Waals surface area contributed by atoms with E-state index >= 15 is 0 Å². The Kier molecular flexibility index (Phi) is 3.99. The van der Waals surface area contributed by atoms with Crippen LogP contribution in [0.25, 0.3) is 0 Å². The minimum Gasteiger partial charge on any atom is -0.399 e. The lowest BCUT2D eigenvalue weighted by Gasteiger charge is -2.51. The highest BCUT2D eigenvalue weighted by Gasteiger charge is 2.49. The maximum atomic E-state index is 13.6. The molecule has 110 valence electrons. The number of benzene rings is 1. The van der Waals surface area contributed by atoms with Gasteiger partial charge in [0.15, 0.2) is 0 Å². The van der Waals surface area contributed by atoms with Crippen LogP contribution in [0.3, 0.4) is 0 Å². The van der Waals surface area contributed by atoms with E-state index in [9.17, 15) is 9.18 Å². The molecule has 3 N–H and O–H groups in total. The molecule has 1 amide bonds. The van der Waals surface area contributed by atoms with Crippen LogP contribution in [-0.4, -0.2) is 24.7 Å². The Balaban J connectivity index is 2.05. The van der Waals surface area contributed by atoms with Crippen LogP contribution < -0.4 is 11.1 Å². The molecule has 20 heavy (non-hydrogen) atoms. The van der Waals surface area contributed by atoms with Gasteiger partial charge in [0.2, 0.25) is 0 Å². The number of amides is 1. The standard InChI is InChI=1S/C15H21FN2O2/c1-4-20-13-8-12(15(13,2)3)18-14(19)10-7-9(17)5-6-11(10)16/h5-7,12-13H,4,8,17H2,1-3H3,(H,18,19). The van der Waals surface area contributed by atoms with Gasteiger partial charge in [-0.15, -0.1) is 0 Å². The second-order valence-corrected chi connectivity index (χ2v) is 5.77. The normalized spacial score (nSPS) is 24.0. The van der Waals surface area contributed by atoms with Gasteiger partial charge in [-0.3, -0.25) is 4.79 Å². The SMILES string of the molecule is CCOC1CC(NC(=O)c2cc(N)ccc2F)C1(C)C. The molecule has 0 radical (unpaired) electrons. The van der Waals surface area contributed by atoms with E-state index < -0.39 is 11.7 Å². The minimum absolute atomic E-state index is 0.0133. The first-order valence-electron chi connectivity index (χ1n) is 6.83. The summed E-state index contributed by atoms with van der Waals surface area (Å²) in [5.74, 6) is -0.988. The highest BCUT2D eigenvalue weighted by Crippen LogP contribution is 2.42. The summed E-state index contributed by atoms with van der Waals surface area (Å²) in [7, 11) is 0. The number of halogens is 1. The molecule has 0 heterocycles. The van der Waals surface area contributed by atoms with E-state index in [2.05, 4.69) is 5.32 Å². The smallest absolute Gasteiger partial charge is 0.254 e. The quantitative estimate of drug-likeness (QED) is 0.832. The average molecular weight is 280 g/mol. The summed E-state index contributed by atoms with van der Waals surface area (Å²) in [5, 5.41) is 2.86.